The first-order valence-corrected chi connectivity index (χ1v) is 10.8. The summed E-state index contributed by atoms with van der Waals surface area (Å²) in [5.74, 6) is 1.34. The molecule has 1 aliphatic heterocycles. The van der Waals surface area contributed by atoms with Crippen LogP contribution in [0.2, 0.25) is 0 Å². The molecular formula is C22H29N5O. The Kier molecular flexibility index (Phi) is 4.65. The van der Waals surface area contributed by atoms with Crippen molar-refractivity contribution < 1.29 is 4.79 Å². The monoisotopic (exact) mass is 379 g/mol. The summed E-state index contributed by atoms with van der Waals surface area (Å²) in [5.41, 5.74) is 2.07. The van der Waals surface area contributed by atoms with Crippen LogP contribution in [0.15, 0.2) is 30.6 Å². The van der Waals surface area contributed by atoms with E-state index >= 15 is 0 Å². The third-order valence-electron chi connectivity index (χ3n) is 7.17. The molecule has 6 heteroatoms. The molecule has 2 aliphatic carbocycles. The minimum atomic E-state index is 0.334. The van der Waals surface area contributed by atoms with Gasteiger partial charge >= 0.3 is 0 Å². The quantitative estimate of drug-likeness (QED) is 0.815. The van der Waals surface area contributed by atoms with E-state index in [1.165, 1.54) is 32.1 Å². The van der Waals surface area contributed by atoms with Crippen LogP contribution in [0.5, 0.6) is 0 Å². The molecule has 0 radical (unpaired) electrons. The van der Waals surface area contributed by atoms with Gasteiger partial charge in [0.15, 0.2) is 0 Å². The maximum atomic E-state index is 13.0. The summed E-state index contributed by atoms with van der Waals surface area (Å²) in [6.45, 7) is 2.67. The Labute approximate surface area is 166 Å². The summed E-state index contributed by atoms with van der Waals surface area (Å²) in [6.07, 6.45) is 13.6. The molecule has 2 saturated carbocycles. The van der Waals surface area contributed by atoms with Crippen LogP contribution in [0, 0.1) is 17.3 Å². The Morgan fingerprint density at radius 2 is 1.93 bits per heavy atom. The molecule has 1 amide bonds. The van der Waals surface area contributed by atoms with Crippen molar-refractivity contribution >= 4 is 5.91 Å². The number of pyridine rings is 1. The molecule has 0 N–H and O–H groups in total. The van der Waals surface area contributed by atoms with Gasteiger partial charge in [-0.05, 0) is 55.6 Å². The standard InChI is InChI=1S/C22H29N5O/c28-21(18-14-22(18)9-3-1-4-10-22)26-12-7-17(8-13-26)15-27-16-20(24-25-27)19-6-2-5-11-23-19/h2,5-6,11,16-18H,1,3-4,7-10,12-15H2/t18-/m0/s1. The van der Waals surface area contributed by atoms with E-state index in [0.717, 1.165) is 50.3 Å². The Hall–Kier alpha value is -2.24. The van der Waals surface area contributed by atoms with Crippen molar-refractivity contribution in [3.05, 3.63) is 30.6 Å². The van der Waals surface area contributed by atoms with E-state index in [0.29, 0.717) is 23.2 Å². The van der Waals surface area contributed by atoms with Crippen LogP contribution < -0.4 is 0 Å². The molecule has 5 rings (SSSR count). The van der Waals surface area contributed by atoms with E-state index in [4.69, 9.17) is 0 Å². The van der Waals surface area contributed by atoms with Crippen molar-refractivity contribution in [2.45, 2.75) is 57.9 Å². The van der Waals surface area contributed by atoms with Gasteiger partial charge in [-0.3, -0.25) is 14.5 Å². The highest BCUT2D eigenvalue weighted by Gasteiger charge is 2.58. The molecule has 3 heterocycles. The van der Waals surface area contributed by atoms with Crippen LogP contribution in [0.3, 0.4) is 0 Å². The Bertz CT molecular complexity index is 818. The highest BCUT2D eigenvalue weighted by Crippen LogP contribution is 2.62. The van der Waals surface area contributed by atoms with Crippen molar-refractivity contribution in [1.29, 1.82) is 0 Å². The van der Waals surface area contributed by atoms with Gasteiger partial charge in [0, 0.05) is 31.7 Å². The zero-order valence-electron chi connectivity index (χ0n) is 16.5. The summed E-state index contributed by atoms with van der Waals surface area (Å²) in [7, 11) is 0. The lowest BCUT2D eigenvalue weighted by Crippen LogP contribution is -2.41. The van der Waals surface area contributed by atoms with Crippen LogP contribution in [0.25, 0.3) is 11.4 Å². The Morgan fingerprint density at radius 3 is 2.68 bits per heavy atom. The van der Waals surface area contributed by atoms with Crippen LogP contribution in [-0.4, -0.2) is 43.9 Å². The summed E-state index contributed by atoms with van der Waals surface area (Å²) in [4.78, 5) is 19.4. The molecule has 6 nitrogen and oxygen atoms in total. The van der Waals surface area contributed by atoms with Gasteiger partial charge in [0.05, 0.1) is 11.9 Å². The molecule has 28 heavy (non-hydrogen) atoms. The highest BCUT2D eigenvalue weighted by atomic mass is 16.2. The van der Waals surface area contributed by atoms with Gasteiger partial charge in [-0.15, -0.1) is 5.10 Å². The molecule has 1 spiro atoms. The SMILES string of the molecule is O=C([C@@H]1CC12CCCCC2)N1CCC(Cn2cc(-c3ccccn3)nn2)CC1. The molecule has 1 atom stereocenters. The fourth-order valence-corrected chi connectivity index (χ4v) is 5.35. The van der Waals surface area contributed by atoms with Gasteiger partial charge < -0.3 is 4.90 Å². The molecule has 148 valence electrons. The smallest absolute Gasteiger partial charge is 0.226 e. The van der Waals surface area contributed by atoms with E-state index in [1.807, 2.05) is 29.1 Å². The molecule has 2 aromatic heterocycles. The minimum Gasteiger partial charge on any atom is -0.342 e. The third kappa shape index (κ3) is 3.45. The third-order valence-corrected chi connectivity index (χ3v) is 7.17. The normalized spacial score (nSPS) is 24.4. The average molecular weight is 380 g/mol. The molecule has 0 unspecified atom stereocenters. The molecular weight excluding hydrogens is 350 g/mol. The van der Waals surface area contributed by atoms with E-state index in [1.54, 1.807) is 6.20 Å². The minimum absolute atomic E-state index is 0.334. The van der Waals surface area contributed by atoms with E-state index < -0.39 is 0 Å². The summed E-state index contributed by atoms with van der Waals surface area (Å²) < 4.78 is 1.93. The number of hydrogen-bond acceptors (Lipinski definition) is 4. The second kappa shape index (κ2) is 7.30. The van der Waals surface area contributed by atoms with Crippen molar-refractivity contribution in [3.8, 4) is 11.4 Å². The number of carbonyl (C=O) groups is 1. The molecule has 2 aromatic rings. The van der Waals surface area contributed by atoms with Gasteiger partial charge in [-0.2, -0.15) is 0 Å². The number of amides is 1. The predicted octanol–water partition coefficient (Wildman–Crippen LogP) is 3.55. The summed E-state index contributed by atoms with van der Waals surface area (Å²) in [6, 6.07) is 5.82. The topological polar surface area (TPSA) is 63.9 Å². The molecule has 1 saturated heterocycles. The first-order chi connectivity index (χ1) is 13.7. The van der Waals surface area contributed by atoms with E-state index in [9.17, 15) is 4.79 Å². The lowest BCUT2D eigenvalue weighted by Gasteiger charge is -2.33. The van der Waals surface area contributed by atoms with Crippen LogP contribution in [-0.2, 0) is 11.3 Å². The second-order valence-electron chi connectivity index (χ2n) is 8.99. The predicted molar refractivity (Wildman–Crippen MR) is 106 cm³/mol. The lowest BCUT2D eigenvalue weighted by molar-refractivity contribution is -0.135. The first-order valence-electron chi connectivity index (χ1n) is 10.8. The fourth-order valence-electron chi connectivity index (χ4n) is 5.35. The van der Waals surface area contributed by atoms with Gasteiger partial charge in [0.25, 0.3) is 0 Å². The average Bonchev–Trinajstić information content (AvgIpc) is 3.22. The van der Waals surface area contributed by atoms with Crippen molar-refractivity contribution in [3.63, 3.8) is 0 Å². The fraction of sp³-hybridized carbons (Fsp3) is 0.636. The number of rotatable bonds is 4. The summed E-state index contributed by atoms with van der Waals surface area (Å²) in [5, 5.41) is 8.54. The van der Waals surface area contributed by atoms with Crippen LogP contribution >= 0.6 is 0 Å². The molecule has 0 aromatic carbocycles. The van der Waals surface area contributed by atoms with Gasteiger partial charge in [0.2, 0.25) is 5.91 Å². The molecule has 3 aliphatic rings. The van der Waals surface area contributed by atoms with Crippen molar-refractivity contribution in [1.82, 2.24) is 24.9 Å². The summed E-state index contributed by atoms with van der Waals surface area (Å²) >= 11 is 0. The Balaban J connectivity index is 1.13. The number of likely N-dealkylation sites (tertiary alicyclic amines) is 1. The zero-order chi connectivity index (χ0) is 19.0. The molecule has 0 bridgehead atoms. The van der Waals surface area contributed by atoms with Gasteiger partial charge in [-0.1, -0.05) is 30.5 Å². The van der Waals surface area contributed by atoms with E-state index in [-0.39, 0.29) is 0 Å². The van der Waals surface area contributed by atoms with Crippen molar-refractivity contribution in [2.75, 3.05) is 13.1 Å². The zero-order valence-corrected chi connectivity index (χ0v) is 16.5. The maximum absolute atomic E-state index is 13.0. The van der Waals surface area contributed by atoms with Crippen LogP contribution in [0.4, 0.5) is 0 Å². The number of aromatic nitrogens is 4. The van der Waals surface area contributed by atoms with E-state index in [2.05, 4.69) is 20.2 Å². The maximum Gasteiger partial charge on any atom is 0.226 e. The van der Waals surface area contributed by atoms with Gasteiger partial charge in [0.1, 0.15) is 5.69 Å². The van der Waals surface area contributed by atoms with Crippen LogP contribution in [0.1, 0.15) is 51.4 Å². The lowest BCUT2D eigenvalue weighted by atomic mass is 9.84. The first kappa shape index (κ1) is 17.8. The highest BCUT2D eigenvalue weighted by molar-refractivity contribution is 5.82. The second-order valence-corrected chi connectivity index (χ2v) is 8.99. The number of hydrogen-bond donors (Lipinski definition) is 0. The number of carbonyl (C=O) groups excluding carboxylic acids is 1. The number of nitrogens with zero attached hydrogens (tertiary/aromatic N) is 5. The largest absolute Gasteiger partial charge is 0.342 e. The number of piperidine rings is 1. The van der Waals surface area contributed by atoms with Crippen molar-refractivity contribution in [2.24, 2.45) is 17.3 Å². The molecule has 3 fully saturated rings. The Morgan fingerprint density at radius 1 is 1.11 bits per heavy atom. The van der Waals surface area contributed by atoms with Gasteiger partial charge in [-0.25, -0.2) is 0 Å².